The highest BCUT2D eigenvalue weighted by Crippen LogP contribution is 2.16. The quantitative estimate of drug-likeness (QED) is 0.546. The summed E-state index contributed by atoms with van der Waals surface area (Å²) in [6.45, 7) is 2.06. The lowest BCUT2D eigenvalue weighted by molar-refractivity contribution is -0.133. The Balaban J connectivity index is 2.30. The van der Waals surface area contributed by atoms with Gasteiger partial charge in [-0.25, -0.2) is 0 Å². The van der Waals surface area contributed by atoms with Crippen molar-refractivity contribution in [2.24, 2.45) is 5.73 Å². The van der Waals surface area contributed by atoms with Crippen LogP contribution in [0.4, 0.5) is 0 Å². The number of carbonyl (C=O) groups excluding carboxylic acids is 2. The van der Waals surface area contributed by atoms with Crippen LogP contribution in [0.15, 0.2) is 0 Å². The molecule has 1 saturated heterocycles. The number of nitrogens with two attached hydrogens (primary N) is 1. The van der Waals surface area contributed by atoms with Gasteiger partial charge in [0.1, 0.15) is 0 Å². The van der Waals surface area contributed by atoms with E-state index < -0.39 is 5.54 Å². The van der Waals surface area contributed by atoms with Gasteiger partial charge in [-0.1, -0.05) is 0 Å². The molecule has 3 N–H and O–H groups in total. The van der Waals surface area contributed by atoms with E-state index in [1.54, 1.807) is 0 Å². The van der Waals surface area contributed by atoms with Crippen LogP contribution < -0.4 is 11.1 Å². The zero-order valence-corrected chi connectivity index (χ0v) is 6.92. The van der Waals surface area contributed by atoms with Gasteiger partial charge in [0.05, 0.1) is 18.8 Å². The molecule has 12 heavy (non-hydrogen) atoms. The van der Waals surface area contributed by atoms with Crippen LogP contribution in [0.3, 0.4) is 0 Å². The van der Waals surface area contributed by atoms with Gasteiger partial charge in [-0.2, -0.15) is 0 Å². The van der Waals surface area contributed by atoms with E-state index in [2.05, 4.69) is 5.32 Å². The SMILES string of the molecule is CC(=O)NC(=O)CC1(N)COC1. The second-order valence-electron chi connectivity index (χ2n) is 3.14. The normalized spacial score (nSPS) is 19.5. The minimum atomic E-state index is -0.556. The zero-order chi connectivity index (χ0) is 9.19. The van der Waals surface area contributed by atoms with Gasteiger partial charge >= 0.3 is 0 Å². The van der Waals surface area contributed by atoms with Crippen molar-refractivity contribution in [3.05, 3.63) is 0 Å². The van der Waals surface area contributed by atoms with Gasteiger partial charge in [0.25, 0.3) is 0 Å². The van der Waals surface area contributed by atoms with E-state index >= 15 is 0 Å². The van der Waals surface area contributed by atoms with E-state index in [1.165, 1.54) is 6.92 Å². The molecule has 0 saturated carbocycles. The van der Waals surface area contributed by atoms with E-state index in [-0.39, 0.29) is 18.2 Å². The van der Waals surface area contributed by atoms with Gasteiger partial charge < -0.3 is 10.5 Å². The largest absolute Gasteiger partial charge is 0.377 e. The molecule has 1 aliphatic rings. The molecule has 5 nitrogen and oxygen atoms in total. The highest BCUT2D eigenvalue weighted by atomic mass is 16.5. The topological polar surface area (TPSA) is 81.4 Å². The van der Waals surface area contributed by atoms with Crippen LogP contribution in [0.2, 0.25) is 0 Å². The maximum absolute atomic E-state index is 11.0. The van der Waals surface area contributed by atoms with Gasteiger partial charge in [0.15, 0.2) is 0 Å². The summed E-state index contributed by atoms with van der Waals surface area (Å²) >= 11 is 0. The van der Waals surface area contributed by atoms with Gasteiger partial charge in [0, 0.05) is 13.3 Å². The number of nitrogens with one attached hydrogen (secondary N) is 1. The number of ether oxygens (including phenoxy) is 1. The Labute approximate surface area is 70.2 Å². The molecule has 0 bridgehead atoms. The standard InChI is InChI=1S/C7H12N2O3/c1-5(10)9-6(11)2-7(8)3-12-4-7/h2-4,8H2,1H3,(H,9,10,11). The highest BCUT2D eigenvalue weighted by Gasteiger charge is 2.36. The molecule has 1 rings (SSSR count). The smallest absolute Gasteiger partial charge is 0.228 e. The summed E-state index contributed by atoms with van der Waals surface area (Å²) in [5, 5.41) is 2.15. The Morgan fingerprint density at radius 1 is 1.58 bits per heavy atom. The lowest BCUT2D eigenvalue weighted by Gasteiger charge is -2.36. The third kappa shape index (κ3) is 2.28. The summed E-state index contributed by atoms with van der Waals surface area (Å²) in [6.07, 6.45) is 0.145. The number of amides is 2. The van der Waals surface area contributed by atoms with Crippen LogP contribution in [0.5, 0.6) is 0 Å². The summed E-state index contributed by atoms with van der Waals surface area (Å²) < 4.78 is 4.85. The fourth-order valence-corrected chi connectivity index (χ4v) is 1.03. The number of rotatable bonds is 2. The first kappa shape index (κ1) is 9.15. The first-order chi connectivity index (χ1) is 5.52. The number of hydrogen-bond donors (Lipinski definition) is 2. The Morgan fingerprint density at radius 2 is 2.17 bits per heavy atom. The number of imide groups is 1. The Morgan fingerprint density at radius 3 is 2.50 bits per heavy atom. The minimum absolute atomic E-state index is 0.145. The van der Waals surface area contributed by atoms with Crippen molar-refractivity contribution in [3.8, 4) is 0 Å². The Kier molecular flexibility index (Phi) is 2.44. The fourth-order valence-electron chi connectivity index (χ4n) is 1.03. The molecule has 0 radical (unpaired) electrons. The predicted molar refractivity (Wildman–Crippen MR) is 41.2 cm³/mol. The van der Waals surface area contributed by atoms with Crippen molar-refractivity contribution >= 4 is 11.8 Å². The van der Waals surface area contributed by atoms with Crippen molar-refractivity contribution in [2.45, 2.75) is 18.9 Å². The first-order valence-corrected chi connectivity index (χ1v) is 3.69. The lowest BCUT2D eigenvalue weighted by atomic mass is 9.94. The number of carbonyl (C=O) groups is 2. The molecule has 0 unspecified atom stereocenters. The van der Waals surface area contributed by atoms with E-state index in [4.69, 9.17) is 10.5 Å². The summed E-state index contributed by atoms with van der Waals surface area (Å²) in [6, 6.07) is 0. The fraction of sp³-hybridized carbons (Fsp3) is 0.714. The van der Waals surface area contributed by atoms with Crippen LogP contribution in [-0.4, -0.2) is 30.6 Å². The molecule has 0 aromatic rings. The van der Waals surface area contributed by atoms with Crippen molar-refractivity contribution in [2.75, 3.05) is 13.2 Å². The average molecular weight is 172 g/mol. The van der Waals surface area contributed by atoms with Crippen LogP contribution in [0.25, 0.3) is 0 Å². The Hall–Kier alpha value is -0.940. The predicted octanol–water partition coefficient (Wildman–Crippen LogP) is -1.23. The van der Waals surface area contributed by atoms with Gasteiger partial charge in [-0.15, -0.1) is 0 Å². The van der Waals surface area contributed by atoms with E-state index in [0.29, 0.717) is 13.2 Å². The molecule has 1 aliphatic heterocycles. The molecule has 1 fully saturated rings. The summed E-state index contributed by atoms with van der Waals surface area (Å²) in [4.78, 5) is 21.4. The van der Waals surface area contributed by atoms with Crippen molar-refractivity contribution in [3.63, 3.8) is 0 Å². The van der Waals surface area contributed by atoms with Crippen molar-refractivity contribution < 1.29 is 14.3 Å². The summed E-state index contributed by atoms with van der Waals surface area (Å²) in [5.41, 5.74) is 5.13. The van der Waals surface area contributed by atoms with Crippen molar-refractivity contribution in [1.82, 2.24) is 5.32 Å². The van der Waals surface area contributed by atoms with Crippen LogP contribution in [-0.2, 0) is 14.3 Å². The molecule has 0 aromatic carbocycles. The van der Waals surface area contributed by atoms with Gasteiger partial charge in [0.2, 0.25) is 11.8 Å². The molecule has 2 amide bonds. The first-order valence-electron chi connectivity index (χ1n) is 3.69. The van der Waals surface area contributed by atoms with E-state index in [0.717, 1.165) is 0 Å². The monoisotopic (exact) mass is 172 g/mol. The molecule has 0 atom stereocenters. The maximum atomic E-state index is 11.0. The second-order valence-corrected chi connectivity index (χ2v) is 3.14. The highest BCUT2D eigenvalue weighted by molar-refractivity contribution is 5.94. The average Bonchev–Trinajstić information content (AvgIpc) is 1.81. The molecule has 68 valence electrons. The van der Waals surface area contributed by atoms with Crippen molar-refractivity contribution in [1.29, 1.82) is 0 Å². The molecule has 0 aliphatic carbocycles. The zero-order valence-electron chi connectivity index (χ0n) is 6.92. The van der Waals surface area contributed by atoms with E-state index in [1.807, 2.05) is 0 Å². The summed E-state index contributed by atoms with van der Waals surface area (Å²) in [7, 11) is 0. The van der Waals surface area contributed by atoms with Gasteiger partial charge in [-0.05, 0) is 0 Å². The molecular formula is C7H12N2O3. The Bertz CT molecular complexity index is 211. The van der Waals surface area contributed by atoms with Crippen LogP contribution >= 0.6 is 0 Å². The second kappa shape index (κ2) is 3.20. The molecule has 0 aromatic heterocycles. The molecule has 5 heteroatoms. The molecular weight excluding hydrogens is 160 g/mol. The molecule has 0 spiro atoms. The lowest BCUT2D eigenvalue weighted by Crippen LogP contribution is -2.59. The minimum Gasteiger partial charge on any atom is -0.377 e. The maximum Gasteiger partial charge on any atom is 0.228 e. The third-order valence-corrected chi connectivity index (χ3v) is 1.61. The third-order valence-electron chi connectivity index (χ3n) is 1.61. The van der Waals surface area contributed by atoms with Crippen LogP contribution in [0.1, 0.15) is 13.3 Å². The summed E-state index contributed by atoms with van der Waals surface area (Å²) in [5.74, 6) is -0.697. The number of hydrogen-bond acceptors (Lipinski definition) is 4. The van der Waals surface area contributed by atoms with E-state index in [9.17, 15) is 9.59 Å². The molecule has 1 heterocycles. The van der Waals surface area contributed by atoms with Crippen LogP contribution in [0, 0.1) is 0 Å². The van der Waals surface area contributed by atoms with Gasteiger partial charge in [-0.3, -0.25) is 14.9 Å².